The summed E-state index contributed by atoms with van der Waals surface area (Å²) in [5.74, 6) is 0.772. The standard InChI is InChI=1S/C16H26N2O2/c19-15(17-14-6-2-1-3-7-14)13-5-4-10-18(11-13)16(20)12-8-9-12/h12-14H,1-11H2,(H,17,19)/t13-/m0/s1. The molecule has 0 aromatic carbocycles. The van der Waals surface area contributed by atoms with E-state index in [1.165, 1.54) is 19.3 Å². The van der Waals surface area contributed by atoms with Crippen LogP contribution in [0, 0.1) is 11.8 Å². The first-order chi connectivity index (χ1) is 9.74. The molecule has 0 unspecified atom stereocenters. The fourth-order valence-corrected chi connectivity index (χ4v) is 3.55. The lowest BCUT2D eigenvalue weighted by Crippen LogP contribution is -2.48. The Morgan fingerprint density at radius 2 is 1.60 bits per heavy atom. The lowest BCUT2D eigenvalue weighted by atomic mass is 9.93. The fraction of sp³-hybridized carbons (Fsp3) is 0.875. The Hall–Kier alpha value is -1.06. The third-order valence-electron chi connectivity index (χ3n) is 4.98. The molecular formula is C16H26N2O2. The van der Waals surface area contributed by atoms with Crippen molar-refractivity contribution < 1.29 is 9.59 Å². The molecule has 1 N–H and O–H groups in total. The lowest BCUT2D eigenvalue weighted by molar-refractivity contribution is -0.137. The molecule has 4 heteroatoms. The van der Waals surface area contributed by atoms with Gasteiger partial charge in [-0.05, 0) is 38.5 Å². The summed E-state index contributed by atoms with van der Waals surface area (Å²) in [4.78, 5) is 26.4. The predicted molar refractivity (Wildman–Crippen MR) is 77.0 cm³/mol. The third kappa shape index (κ3) is 3.33. The van der Waals surface area contributed by atoms with Crippen molar-refractivity contribution in [1.29, 1.82) is 0 Å². The molecule has 0 aromatic rings. The van der Waals surface area contributed by atoms with E-state index < -0.39 is 0 Å². The van der Waals surface area contributed by atoms with E-state index in [-0.39, 0.29) is 17.7 Å². The van der Waals surface area contributed by atoms with E-state index in [9.17, 15) is 9.59 Å². The van der Waals surface area contributed by atoms with Crippen molar-refractivity contribution in [3.8, 4) is 0 Å². The maximum absolute atomic E-state index is 12.4. The number of carbonyl (C=O) groups is 2. The second-order valence-electron chi connectivity index (χ2n) is 6.74. The summed E-state index contributed by atoms with van der Waals surface area (Å²) in [7, 11) is 0. The maximum atomic E-state index is 12.4. The molecule has 0 aromatic heterocycles. The van der Waals surface area contributed by atoms with Crippen LogP contribution in [0.15, 0.2) is 0 Å². The summed E-state index contributed by atoms with van der Waals surface area (Å²) in [6, 6.07) is 0.380. The number of hydrogen-bond acceptors (Lipinski definition) is 2. The van der Waals surface area contributed by atoms with Crippen LogP contribution in [0.3, 0.4) is 0 Å². The topological polar surface area (TPSA) is 49.4 Å². The molecule has 3 rings (SSSR count). The van der Waals surface area contributed by atoms with Gasteiger partial charge in [0.25, 0.3) is 0 Å². The fourth-order valence-electron chi connectivity index (χ4n) is 3.55. The van der Waals surface area contributed by atoms with E-state index in [0.717, 1.165) is 45.1 Å². The Labute approximate surface area is 121 Å². The first kappa shape index (κ1) is 13.9. The Balaban J connectivity index is 1.50. The number of piperidine rings is 1. The van der Waals surface area contributed by atoms with Crippen LogP contribution in [-0.2, 0) is 9.59 Å². The van der Waals surface area contributed by atoms with Crippen molar-refractivity contribution in [3.05, 3.63) is 0 Å². The molecule has 1 aliphatic heterocycles. The van der Waals surface area contributed by atoms with E-state index >= 15 is 0 Å². The molecule has 0 radical (unpaired) electrons. The van der Waals surface area contributed by atoms with Crippen LogP contribution in [0.25, 0.3) is 0 Å². The first-order valence-corrected chi connectivity index (χ1v) is 8.33. The molecule has 1 saturated heterocycles. The molecular weight excluding hydrogens is 252 g/mol. The molecule has 0 spiro atoms. The molecule has 3 aliphatic rings. The SMILES string of the molecule is O=C(NC1CCCCC1)[C@H]1CCCN(C(=O)C2CC2)C1. The lowest BCUT2D eigenvalue weighted by Gasteiger charge is -2.33. The Kier molecular flexibility index (Phi) is 4.27. The molecule has 3 fully saturated rings. The zero-order valence-electron chi connectivity index (χ0n) is 12.3. The van der Waals surface area contributed by atoms with Crippen LogP contribution in [0.4, 0.5) is 0 Å². The maximum Gasteiger partial charge on any atom is 0.225 e. The average Bonchev–Trinajstić information content (AvgIpc) is 3.32. The van der Waals surface area contributed by atoms with Crippen molar-refractivity contribution in [3.63, 3.8) is 0 Å². The van der Waals surface area contributed by atoms with Gasteiger partial charge in [-0.15, -0.1) is 0 Å². The molecule has 2 aliphatic carbocycles. The van der Waals surface area contributed by atoms with Gasteiger partial charge in [-0.2, -0.15) is 0 Å². The third-order valence-corrected chi connectivity index (χ3v) is 4.98. The minimum atomic E-state index is 0.0216. The van der Waals surface area contributed by atoms with Crippen LogP contribution < -0.4 is 5.32 Å². The monoisotopic (exact) mass is 278 g/mol. The van der Waals surface area contributed by atoms with Gasteiger partial charge in [0, 0.05) is 25.0 Å². The van der Waals surface area contributed by atoms with Gasteiger partial charge in [0.1, 0.15) is 0 Å². The summed E-state index contributed by atoms with van der Waals surface area (Å²) in [5.41, 5.74) is 0. The first-order valence-electron chi connectivity index (χ1n) is 8.33. The minimum absolute atomic E-state index is 0.0216. The smallest absolute Gasteiger partial charge is 0.225 e. The second kappa shape index (κ2) is 6.15. The number of nitrogens with one attached hydrogen (secondary N) is 1. The van der Waals surface area contributed by atoms with Crippen molar-refractivity contribution in [2.24, 2.45) is 11.8 Å². The molecule has 2 saturated carbocycles. The van der Waals surface area contributed by atoms with Crippen molar-refractivity contribution in [2.45, 2.75) is 63.8 Å². The van der Waals surface area contributed by atoms with Crippen LogP contribution in [-0.4, -0.2) is 35.8 Å². The highest BCUT2D eigenvalue weighted by Crippen LogP contribution is 2.32. The van der Waals surface area contributed by atoms with Gasteiger partial charge in [-0.1, -0.05) is 19.3 Å². The molecule has 20 heavy (non-hydrogen) atoms. The number of carbonyl (C=O) groups excluding carboxylic acids is 2. The van der Waals surface area contributed by atoms with E-state index in [1.54, 1.807) is 0 Å². The van der Waals surface area contributed by atoms with Gasteiger partial charge in [-0.25, -0.2) is 0 Å². The zero-order valence-corrected chi connectivity index (χ0v) is 12.3. The molecule has 1 heterocycles. The van der Waals surface area contributed by atoms with Crippen molar-refractivity contribution in [1.82, 2.24) is 10.2 Å². The van der Waals surface area contributed by atoms with Gasteiger partial charge in [0.2, 0.25) is 11.8 Å². The van der Waals surface area contributed by atoms with Gasteiger partial charge >= 0.3 is 0 Å². The summed E-state index contributed by atoms with van der Waals surface area (Å²) < 4.78 is 0. The second-order valence-corrected chi connectivity index (χ2v) is 6.74. The van der Waals surface area contributed by atoms with Crippen LogP contribution in [0.2, 0.25) is 0 Å². The molecule has 0 bridgehead atoms. The summed E-state index contributed by atoms with van der Waals surface area (Å²) >= 11 is 0. The summed E-state index contributed by atoms with van der Waals surface area (Å²) in [6.45, 7) is 1.50. The highest BCUT2D eigenvalue weighted by atomic mass is 16.2. The Bertz CT molecular complexity index is 373. The highest BCUT2D eigenvalue weighted by Gasteiger charge is 2.36. The van der Waals surface area contributed by atoms with E-state index in [0.29, 0.717) is 18.5 Å². The van der Waals surface area contributed by atoms with E-state index in [4.69, 9.17) is 0 Å². The summed E-state index contributed by atoms with van der Waals surface area (Å²) in [6.07, 6.45) is 10.0. The molecule has 112 valence electrons. The van der Waals surface area contributed by atoms with Gasteiger partial charge in [0.15, 0.2) is 0 Å². The minimum Gasteiger partial charge on any atom is -0.353 e. The number of hydrogen-bond donors (Lipinski definition) is 1. The molecule has 4 nitrogen and oxygen atoms in total. The van der Waals surface area contributed by atoms with Crippen molar-refractivity contribution in [2.75, 3.05) is 13.1 Å². The molecule has 2 amide bonds. The normalized spacial score (nSPS) is 28.2. The Morgan fingerprint density at radius 1 is 0.850 bits per heavy atom. The molecule has 1 atom stereocenters. The quantitative estimate of drug-likeness (QED) is 0.859. The van der Waals surface area contributed by atoms with Gasteiger partial charge in [0.05, 0.1) is 5.92 Å². The number of nitrogens with zero attached hydrogens (tertiary/aromatic N) is 1. The van der Waals surface area contributed by atoms with E-state index in [2.05, 4.69) is 5.32 Å². The van der Waals surface area contributed by atoms with Crippen LogP contribution in [0.5, 0.6) is 0 Å². The zero-order chi connectivity index (χ0) is 13.9. The Morgan fingerprint density at radius 3 is 2.30 bits per heavy atom. The largest absolute Gasteiger partial charge is 0.353 e. The number of likely N-dealkylation sites (tertiary alicyclic amines) is 1. The highest BCUT2D eigenvalue weighted by molar-refractivity contribution is 5.83. The van der Waals surface area contributed by atoms with Crippen LogP contribution >= 0.6 is 0 Å². The average molecular weight is 278 g/mol. The van der Waals surface area contributed by atoms with Gasteiger partial charge < -0.3 is 10.2 Å². The summed E-state index contributed by atoms with van der Waals surface area (Å²) in [5, 5.41) is 3.22. The number of rotatable bonds is 3. The van der Waals surface area contributed by atoms with Gasteiger partial charge in [-0.3, -0.25) is 9.59 Å². The number of amides is 2. The predicted octanol–water partition coefficient (Wildman–Crippen LogP) is 2.08. The van der Waals surface area contributed by atoms with Crippen LogP contribution in [0.1, 0.15) is 57.8 Å². The van der Waals surface area contributed by atoms with Crippen molar-refractivity contribution >= 4 is 11.8 Å². The van der Waals surface area contributed by atoms with E-state index in [1.807, 2.05) is 4.90 Å².